The van der Waals surface area contributed by atoms with Gasteiger partial charge in [-0.05, 0) is 6.07 Å². The highest BCUT2D eigenvalue weighted by atomic mass is 16.6. The van der Waals surface area contributed by atoms with Gasteiger partial charge in [-0.3, -0.25) is 14.9 Å². The van der Waals surface area contributed by atoms with Crippen molar-refractivity contribution in [1.82, 2.24) is 0 Å². The zero-order chi connectivity index (χ0) is 14.7. The van der Waals surface area contributed by atoms with Crippen LogP contribution in [0, 0.1) is 10.1 Å². The standard InChI is InChI=1S/C14H9NO5/c16-13(9-4-2-1-3-5-9)12-8-10(15(19)20)6-7-11(12)14(17)18/h1-8H,(H,17,18)/p-1. The summed E-state index contributed by atoms with van der Waals surface area (Å²) in [4.78, 5) is 33.3. The third-order valence-corrected chi connectivity index (χ3v) is 2.71. The van der Waals surface area contributed by atoms with Gasteiger partial charge in [-0.2, -0.15) is 0 Å². The third-order valence-electron chi connectivity index (χ3n) is 2.71. The van der Waals surface area contributed by atoms with E-state index in [-0.39, 0.29) is 22.4 Å². The average Bonchev–Trinajstić information content (AvgIpc) is 2.46. The number of rotatable bonds is 4. The molecule has 2 aromatic carbocycles. The number of carbonyl (C=O) groups is 2. The number of benzene rings is 2. The van der Waals surface area contributed by atoms with Crippen molar-refractivity contribution in [2.75, 3.05) is 0 Å². The molecule has 0 bridgehead atoms. The molecule has 0 saturated carbocycles. The summed E-state index contributed by atoms with van der Waals surface area (Å²) in [5, 5.41) is 21.7. The normalized spacial score (nSPS) is 10.0. The van der Waals surface area contributed by atoms with E-state index in [1.165, 1.54) is 12.1 Å². The zero-order valence-electron chi connectivity index (χ0n) is 10.1. The van der Waals surface area contributed by atoms with Gasteiger partial charge >= 0.3 is 0 Å². The van der Waals surface area contributed by atoms with Crippen molar-refractivity contribution in [3.8, 4) is 0 Å². The fourth-order valence-corrected chi connectivity index (χ4v) is 1.76. The molecule has 0 fully saturated rings. The quantitative estimate of drug-likeness (QED) is 0.472. The Morgan fingerprint density at radius 3 is 2.15 bits per heavy atom. The molecule has 0 aliphatic rings. The van der Waals surface area contributed by atoms with Crippen molar-refractivity contribution in [2.24, 2.45) is 0 Å². The maximum atomic E-state index is 12.2. The minimum Gasteiger partial charge on any atom is -0.545 e. The lowest BCUT2D eigenvalue weighted by atomic mass is 9.98. The molecule has 6 nitrogen and oxygen atoms in total. The van der Waals surface area contributed by atoms with E-state index in [2.05, 4.69) is 0 Å². The van der Waals surface area contributed by atoms with Gasteiger partial charge in [-0.25, -0.2) is 0 Å². The van der Waals surface area contributed by atoms with Crippen molar-refractivity contribution >= 4 is 17.4 Å². The van der Waals surface area contributed by atoms with Gasteiger partial charge in [0.25, 0.3) is 5.69 Å². The number of hydrogen-bond acceptors (Lipinski definition) is 5. The number of nitrogens with zero attached hydrogens (tertiary/aromatic N) is 1. The molecule has 0 radical (unpaired) electrons. The van der Waals surface area contributed by atoms with Gasteiger partial charge in [-0.1, -0.05) is 30.3 Å². The highest BCUT2D eigenvalue weighted by Crippen LogP contribution is 2.20. The predicted molar refractivity (Wildman–Crippen MR) is 67.3 cm³/mol. The molecule has 20 heavy (non-hydrogen) atoms. The Bertz CT molecular complexity index is 694. The molecule has 0 atom stereocenters. The van der Waals surface area contributed by atoms with Crippen LogP contribution in [0.25, 0.3) is 0 Å². The van der Waals surface area contributed by atoms with E-state index in [0.717, 1.165) is 18.2 Å². The lowest BCUT2D eigenvalue weighted by molar-refractivity contribution is -0.384. The van der Waals surface area contributed by atoms with Crippen molar-refractivity contribution in [3.05, 3.63) is 75.3 Å². The Kier molecular flexibility index (Phi) is 3.56. The molecule has 0 aliphatic heterocycles. The molecule has 0 amide bonds. The SMILES string of the molecule is O=C([O-])c1ccc([N+](=O)[O-])cc1C(=O)c1ccccc1. The van der Waals surface area contributed by atoms with Crippen LogP contribution in [0.2, 0.25) is 0 Å². The number of non-ortho nitro benzene ring substituents is 1. The number of ketones is 1. The molecule has 0 spiro atoms. The number of hydrogen-bond donors (Lipinski definition) is 0. The molecule has 0 aliphatic carbocycles. The molecule has 0 unspecified atom stereocenters. The van der Waals surface area contributed by atoms with E-state index < -0.39 is 16.7 Å². The van der Waals surface area contributed by atoms with E-state index in [4.69, 9.17) is 0 Å². The molecule has 0 heterocycles. The molecule has 0 N–H and O–H groups in total. The molecular weight excluding hydrogens is 262 g/mol. The molecule has 0 saturated heterocycles. The van der Waals surface area contributed by atoms with Crippen LogP contribution in [0.4, 0.5) is 5.69 Å². The van der Waals surface area contributed by atoms with Crippen LogP contribution in [0.5, 0.6) is 0 Å². The zero-order valence-corrected chi connectivity index (χ0v) is 10.1. The van der Waals surface area contributed by atoms with Crippen LogP contribution in [0.3, 0.4) is 0 Å². The maximum absolute atomic E-state index is 12.2. The number of nitro groups is 1. The maximum Gasteiger partial charge on any atom is 0.270 e. The molecule has 0 aromatic heterocycles. The highest BCUT2D eigenvalue weighted by molar-refractivity contribution is 6.14. The molecule has 2 aromatic rings. The first-order chi connectivity index (χ1) is 9.50. The Morgan fingerprint density at radius 1 is 0.950 bits per heavy atom. The van der Waals surface area contributed by atoms with Gasteiger partial charge in [0.05, 0.1) is 10.9 Å². The second-order valence-corrected chi connectivity index (χ2v) is 3.97. The lowest BCUT2D eigenvalue weighted by Gasteiger charge is -2.09. The summed E-state index contributed by atoms with van der Waals surface area (Å²) in [5.74, 6) is -2.16. The minimum absolute atomic E-state index is 0.246. The van der Waals surface area contributed by atoms with E-state index in [1.54, 1.807) is 18.2 Å². The fourth-order valence-electron chi connectivity index (χ4n) is 1.76. The molecule has 6 heteroatoms. The van der Waals surface area contributed by atoms with Gasteiger partial charge in [0.2, 0.25) is 0 Å². The average molecular weight is 270 g/mol. The van der Waals surface area contributed by atoms with Crippen molar-refractivity contribution in [1.29, 1.82) is 0 Å². The predicted octanol–water partition coefficient (Wildman–Crippen LogP) is 1.19. The minimum atomic E-state index is -1.56. The largest absolute Gasteiger partial charge is 0.545 e. The van der Waals surface area contributed by atoms with Gasteiger partial charge < -0.3 is 9.90 Å². The second kappa shape index (κ2) is 5.31. The van der Waals surface area contributed by atoms with Crippen LogP contribution in [-0.4, -0.2) is 16.7 Å². The van der Waals surface area contributed by atoms with E-state index in [9.17, 15) is 24.8 Å². The summed E-state index contributed by atoms with van der Waals surface area (Å²) in [5.41, 5.74) is -0.736. The van der Waals surface area contributed by atoms with Crippen molar-refractivity contribution in [2.45, 2.75) is 0 Å². The second-order valence-electron chi connectivity index (χ2n) is 3.97. The highest BCUT2D eigenvalue weighted by Gasteiger charge is 2.18. The van der Waals surface area contributed by atoms with E-state index in [1.807, 2.05) is 0 Å². The first-order valence-corrected chi connectivity index (χ1v) is 5.60. The number of carbonyl (C=O) groups excluding carboxylic acids is 2. The topological polar surface area (TPSA) is 100 Å². The van der Waals surface area contributed by atoms with Crippen LogP contribution in [-0.2, 0) is 0 Å². The van der Waals surface area contributed by atoms with Crippen LogP contribution in [0.1, 0.15) is 26.3 Å². The number of aromatic carboxylic acids is 1. The van der Waals surface area contributed by atoms with Gasteiger partial charge in [0.1, 0.15) is 0 Å². The van der Waals surface area contributed by atoms with Crippen molar-refractivity contribution in [3.63, 3.8) is 0 Å². The number of carboxylic acids is 1. The smallest absolute Gasteiger partial charge is 0.270 e. The van der Waals surface area contributed by atoms with Gasteiger partial charge in [0.15, 0.2) is 5.78 Å². The summed E-state index contributed by atoms with van der Waals surface area (Å²) in [7, 11) is 0. The monoisotopic (exact) mass is 270 g/mol. The Labute approximate surface area is 113 Å². The third kappa shape index (κ3) is 2.54. The number of carboxylic acid groups (broad SMARTS) is 1. The summed E-state index contributed by atoms with van der Waals surface area (Å²) in [6.45, 7) is 0. The molecule has 2 rings (SSSR count). The summed E-state index contributed by atoms with van der Waals surface area (Å²) >= 11 is 0. The summed E-state index contributed by atoms with van der Waals surface area (Å²) < 4.78 is 0. The Hall–Kier alpha value is -3.02. The van der Waals surface area contributed by atoms with Crippen LogP contribution < -0.4 is 5.11 Å². The summed E-state index contributed by atoms with van der Waals surface area (Å²) in [6, 6.07) is 10.9. The van der Waals surface area contributed by atoms with Crippen molar-refractivity contribution < 1.29 is 19.6 Å². The fraction of sp³-hybridized carbons (Fsp3) is 0. The van der Waals surface area contributed by atoms with E-state index in [0.29, 0.717) is 0 Å². The first-order valence-electron chi connectivity index (χ1n) is 5.60. The lowest BCUT2D eigenvalue weighted by Crippen LogP contribution is -2.25. The van der Waals surface area contributed by atoms with E-state index >= 15 is 0 Å². The Morgan fingerprint density at radius 2 is 1.60 bits per heavy atom. The summed E-state index contributed by atoms with van der Waals surface area (Å²) in [6.07, 6.45) is 0. The molecular formula is C14H8NO5-. The van der Waals surface area contributed by atoms with Crippen LogP contribution >= 0.6 is 0 Å². The van der Waals surface area contributed by atoms with Gasteiger partial charge in [0, 0.05) is 28.8 Å². The van der Waals surface area contributed by atoms with Gasteiger partial charge in [-0.15, -0.1) is 0 Å². The van der Waals surface area contributed by atoms with Crippen LogP contribution in [0.15, 0.2) is 48.5 Å². The first kappa shape index (κ1) is 13.4. The number of nitro benzene ring substituents is 1. The molecule has 100 valence electrons. The Balaban J connectivity index is 2.58.